The standard InChI is InChI=1S/C16H22N2O4/c1-12-13-5-2-3-6-14(13)22-15(12)11-18-16(20)17-7-4-9-21-10-8-19/h2-3,5-6,19H,4,7-11H2,1H3,(H2,17,18,20). The molecule has 2 amide bonds. The summed E-state index contributed by atoms with van der Waals surface area (Å²) in [7, 11) is 0. The highest BCUT2D eigenvalue weighted by Crippen LogP contribution is 2.24. The molecule has 2 rings (SSSR count). The summed E-state index contributed by atoms with van der Waals surface area (Å²) in [6.07, 6.45) is 0.705. The Hall–Kier alpha value is -2.05. The van der Waals surface area contributed by atoms with Crippen LogP contribution in [0.4, 0.5) is 4.79 Å². The van der Waals surface area contributed by atoms with Crippen LogP contribution in [0.1, 0.15) is 17.7 Å². The van der Waals surface area contributed by atoms with Gasteiger partial charge in [-0.25, -0.2) is 4.79 Å². The van der Waals surface area contributed by atoms with E-state index in [1.54, 1.807) is 0 Å². The third kappa shape index (κ3) is 4.47. The number of aryl methyl sites for hydroxylation is 1. The molecule has 0 saturated heterocycles. The maximum absolute atomic E-state index is 11.7. The molecule has 0 aliphatic carbocycles. The number of furan rings is 1. The number of fused-ring (bicyclic) bond motifs is 1. The van der Waals surface area contributed by atoms with Gasteiger partial charge in [-0.1, -0.05) is 18.2 Å². The molecule has 1 aromatic heterocycles. The predicted molar refractivity (Wildman–Crippen MR) is 83.7 cm³/mol. The van der Waals surface area contributed by atoms with Crippen molar-refractivity contribution in [1.29, 1.82) is 0 Å². The van der Waals surface area contributed by atoms with E-state index in [1.807, 2.05) is 31.2 Å². The highest BCUT2D eigenvalue weighted by Gasteiger charge is 2.10. The number of nitrogens with one attached hydrogen (secondary N) is 2. The van der Waals surface area contributed by atoms with Crippen LogP contribution in [0, 0.1) is 6.92 Å². The van der Waals surface area contributed by atoms with Crippen LogP contribution >= 0.6 is 0 Å². The summed E-state index contributed by atoms with van der Waals surface area (Å²) < 4.78 is 10.8. The molecule has 120 valence electrons. The second-order valence-electron chi connectivity index (χ2n) is 4.95. The van der Waals surface area contributed by atoms with E-state index in [1.165, 1.54) is 0 Å². The van der Waals surface area contributed by atoms with Gasteiger partial charge < -0.3 is 24.9 Å². The smallest absolute Gasteiger partial charge is 0.315 e. The average molecular weight is 306 g/mol. The lowest BCUT2D eigenvalue weighted by Gasteiger charge is -2.07. The number of carbonyl (C=O) groups is 1. The van der Waals surface area contributed by atoms with E-state index in [-0.39, 0.29) is 12.6 Å². The number of para-hydroxylation sites is 1. The Morgan fingerprint density at radius 1 is 1.27 bits per heavy atom. The SMILES string of the molecule is Cc1c(CNC(=O)NCCCOCCO)oc2ccccc12. The second-order valence-corrected chi connectivity index (χ2v) is 4.95. The Kier molecular flexibility index (Phi) is 6.24. The molecule has 22 heavy (non-hydrogen) atoms. The van der Waals surface area contributed by atoms with Crippen molar-refractivity contribution in [2.24, 2.45) is 0 Å². The fraction of sp³-hybridized carbons (Fsp3) is 0.438. The zero-order chi connectivity index (χ0) is 15.8. The normalized spacial score (nSPS) is 10.8. The van der Waals surface area contributed by atoms with Gasteiger partial charge in [0.15, 0.2) is 0 Å². The minimum atomic E-state index is -0.234. The highest BCUT2D eigenvalue weighted by molar-refractivity contribution is 5.82. The molecule has 0 aliphatic heterocycles. The van der Waals surface area contributed by atoms with Crippen molar-refractivity contribution in [2.75, 3.05) is 26.4 Å². The first-order chi connectivity index (χ1) is 10.7. The summed E-state index contributed by atoms with van der Waals surface area (Å²) in [5.41, 5.74) is 1.88. The minimum Gasteiger partial charge on any atom is -0.459 e. The molecule has 1 aromatic carbocycles. The molecule has 1 heterocycles. The number of hydrogen-bond acceptors (Lipinski definition) is 4. The van der Waals surface area contributed by atoms with E-state index in [0.29, 0.717) is 32.7 Å². The summed E-state index contributed by atoms with van der Waals surface area (Å²) in [5, 5.41) is 15.1. The Labute approximate surface area is 129 Å². The molecule has 0 fully saturated rings. The summed E-state index contributed by atoms with van der Waals surface area (Å²) >= 11 is 0. The van der Waals surface area contributed by atoms with E-state index in [2.05, 4.69) is 10.6 Å². The maximum Gasteiger partial charge on any atom is 0.315 e. The Morgan fingerprint density at radius 3 is 2.86 bits per heavy atom. The van der Waals surface area contributed by atoms with E-state index in [9.17, 15) is 4.79 Å². The molecular formula is C16H22N2O4. The van der Waals surface area contributed by atoms with Crippen molar-refractivity contribution >= 4 is 17.0 Å². The number of benzene rings is 1. The number of urea groups is 1. The minimum absolute atomic E-state index is 0.0186. The molecule has 6 heteroatoms. The number of amides is 2. The predicted octanol–water partition coefficient (Wildman–Crippen LogP) is 1.94. The van der Waals surface area contributed by atoms with Crippen LogP contribution in [-0.4, -0.2) is 37.5 Å². The summed E-state index contributed by atoms with van der Waals surface area (Å²) in [5.74, 6) is 0.766. The first-order valence-corrected chi connectivity index (χ1v) is 7.39. The molecule has 0 atom stereocenters. The molecule has 0 unspecified atom stereocenters. The third-order valence-electron chi connectivity index (χ3n) is 3.34. The molecule has 0 spiro atoms. The third-order valence-corrected chi connectivity index (χ3v) is 3.34. The van der Waals surface area contributed by atoms with Crippen LogP contribution < -0.4 is 10.6 Å². The fourth-order valence-corrected chi connectivity index (χ4v) is 2.16. The molecule has 0 bridgehead atoms. The summed E-state index contributed by atoms with van der Waals surface area (Å²) in [6.45, 7) is 3.73. The van der Waals surface area contributed by atoms with Crippen molar-refractivity contribution < 1.29 is 19.1 Å². The lowest BCUT2D eigenvalue weighted by atomic mass is 10.1. The molecule has 0 saturated carbocycles. The van der Waals surface area contributed by atoms with Gasteiger partial charge in [0.2, 0.25) is 0 Å². The van der Waals surface area contributed by atoms with Crippen LogP contribution in [0.25, 0.3) is 11.0 Å². The van der Waals surface area contributed by atoms with Gasteiger partial charge in [0, 0.05) is 24.1 Å². The lowest BCUT2D eigenvalue weighted by Crippen LogP contribution is -2.35. The van der Waals surface area contributed by atoms with Crippen molar-refractivity contribution in [3.8, 4) is 0 Å². The zero-order valence-corrected chi connectivity index (χ0v) is 12.7. The number of aliphatic hydroxyl groups is 1. The van der Waals surface area contributed by atoms with Crippen LogP contribution in [-0.2, 0) is 11.3 Å². The molecule has 0 aliphatic rings. The summed E-state index contributed by atoms with van der Waals surface area (Å²) in [4.78, 5) is 11.7. The van der Waals surface area contributed by atoms with E-state index < -0.39 is 0 Å². The van der Waals surface area contributed by atoms with Gasteiger partial charge in [-0.2, -0.15) is 0 Å². The number of carbonyl (C=O) groups excluding carboxylic acids is 1. The van der Waals surface area contributed by atoms with Gasteiger partial charge in [0.1, 0.15) is 11.3 Å². The van der Waals surface area contributed by atoms with Crippen molar-refractivity contribution in [3.05, 3.63) is 35.6 Å². The van der Waals surface area contributed by atoms with Gasteiger partial charge >= 0.3 is 6.03 Å². The Balaban J connectivity index is 1.72. The first-order valence-electron chi connectivity index (χ1n) is 7.39. The number of aliphatic hydroxyl groups excluding tert-OH is 1. The van der Waals surface area contributed by atoms with Gasteiger partial charge in [0.05, 0.1) is 19.8 Å². The average Bonchev–Trinajstić information content (AvgIpc) is 2.85. The first kappa shape index (κ1) is 16.3. The molecule has 6 nitrogen and oxygen atoms in total. The van der Waals surface area contributed by atoms with Gasteiger partial charge in [-0.05, 0) is 19.4 Å². The van der Waals surface area contributed by atoms with E-state index in [4.69, 9.17) is 14.3 Å². The second kappa shape index (κ2) is 8.41. The van der Waals surface area contributed by atoms with Crippen molar-refractivity contribution in [2.45, 2.75) is 19.9 Å². The van der Waals surface area contributed by atoms with Gasteiger partial charge in [-0.3, -0.25) is 0 Å². The van der Waals surface area contributed by atoms with Crippen molar-refractivity contribution in [1.82, 2.24) is 10.6 Å². The Bertz CT molecular complexity index is 609. The molecule has 0 radical (unpaired) electrons. The molecule has 3 N–H and O–H groups in total. The monoisotopic (exact) mass is 306 g/mol. The fourth-order valence-electron chi connectivity index (χ4n) is 2.16. The number of hydrogen-bond donors (Lipinski definition) is 3. The topological polar surface area (TPSA) is 83.7 Å². The van der Waals surface area contributed by atoms with E-state index >= 15 is 0 Å². The van der Waals surface area contributed by atoms with Crippen LogP contribution in [0.2, 0.25) is 0 Å². The summed E-state index contributed by atoms with van der Waals surface area (Å²) in [6, 6.07) is 7.58. The lowest BCUT2D eigenvalue weighted by molar-refractivity contribution is 0.0910. The maximum atomic E-state index is 11.7. The zero-order valence-electron chi connectivity index (χ0n) is 12.7. The number of rotatable bonds is 8. The Morgan fingerprint density at radius 2 is 2.09 bits per heavy atom. The van der Waals surface area contributed by atoms with Gasteiger partial charge in [0.25, 0.3) is 0 Å². The van der Waals surface area contributed by atoms with Crippen LogP contribution in [0.5, 0.6) is 0 Å². The van der Waals surface area contributed by atoms with Crippen LogP contribution in [0.3, 0.4) is 0 Å². The van der Waals surface area contributed by atoms with Crippen LogP contribution in [0.15, 0.2) is 28.7 Å². The number of ether oxygens (including phenoxy) is 1. The van der Waals surface area contributed by atoms with Gasteiger partial charge in [-0.15, -0.1) is 0 Å². The largest absolute Gasteiger partial charge is 0.459 e. The molecular weight excluding hydrogens is 284 g/mol. The highest BCUT2D eigenvalue weighted by atomic mass is 16.5. The quantitative estimate of drug-likeness (QED) is 0.651. The van der Waals surface area contributed by atoms with Crippen molar-refractivity contribution in [3.63, 3.8) is 0 Å². The molecule has 2 aromatic rings. The van der Waals surface area contributed by atoms with E-state index in [0.717, 1.165) is 22.3 Å².